The van der Waals surface area contributed by atoms with Gasteiger partial charge in [0.1, 0.15) is 30.7 Å². The number of carbonyl (C=O) groups is 2. The summed E-state index contributed by atoms with van der Waals surface area (Å²) >= 11 is 0. The minimum atomic E-state index is -0.424. The summed E-state index contributed by atoms with van der Waals surface area (Å²) in [6.07, 6.45) is 12.5. The lowest BCUT2D eigenvalue weighted by molar-refractivity contribution is -0.132. The average molecular weight is 554 g/mol. The van der Waals surface area contributed by atoms with Gasteiger partial charge in [0.05, 0.1) is 23.5 Å². The van der Waals surface area contributed by atoms with Crippen LogP contribution >= 0.6 is 0 Å². The lowest BCUT2D eigenvalue weighted by Gasteiger charge is -2.55. The van der Waals surface area contributed by atoms with Crippen LogP contribution in [0.2, 0.25) is 0 Å². The molecule has 0 saturated carbocycles. The molecule has 10 heteroatoms. The monoisotopic (exact) mass is 553 g/mol. The molecule has 1 aromatic rings. The normalized spacial score (nSPS) is 24.2. The molecule has 3 saturated heterocycles. The first kappa shape index (κ1) is 28.4. The second-order valence-electron chi connectivity index (χ2n) is 12.0. The van der Waals surface area contributed by atoms with E-state index in [2.05, 4.69) is 28.7 Å². The van der Waals surface area contributed by atoms with Crippen LogP contribution in [0.4, 0.5) is 4.79 Å². The molecule has 0 radical (unpaired) electrons. The van der Waals surface area contributed by atoms with Crippen LogP contribution in [-0.2, 0) is 14.2 Å². The summed E-state index contributed by atoms with van der Waals surface area (Å²) in [5.41, 5.74) is 1.69. The van der Waals surface area contributed by atoms with E-state index in [-0.39, 0.29) is 23.5 Å². The molecule has 4 aliphatic rings. The van der Waals surface area contributed by atoms with Gasteiger partial charge in [-0.3, -0.25) is 9.69 Å². The molecule has 0 aromatic carbocycles. The van der Waals surface area contributed by atoms with E-state index >= 15 is 0 Å². The molecule has 1 spiro atoms. The van der Waals surface area contributed by atoms with Crippen molar-refractivity contribution in [2.24, 2.45) is 5.92 Å². The molecular formula is C30H43N5O5. The van der Waals surface area contributed by atoms with E-state index in [0.29, 0.717) is 37.5 Å². The Bertz CT molecular complexity index is 1130. The Morgan fingerprint density at radius 2 is 1.75 bits per heavy atom. The van der Waals surface area contributed by atoms with Crippen molar-refractivity contribution in [3.05, 3.63) is 47.8 Å². The highest BCUT2D eigenvalue weighted by Gasteiger charge is 2.51. The van der Waals surface area contributed by atoms with Crippen LogP contribution in [0.25, 0.3) is 0 Å². The standard InChI is InChI=1S/C30H43N5O5/c1-5-6-7-24-18-34(19-25-20-38-16-17-39-25)28(37)40-30(24)10-14-35(15-11-30)29(4)8-12-33(13-9-29)27(36)26-22(2)31-21-32-23(26)3/h16-17,20-21,24H,5-15,18-19H2,1-4H3/t24-/m0/s1. The van der Waals surface area contributed by atoms with Crippen LogP contribution < -0.4 is 0 Å². The quantitative estimate of drug-likeness (QED) is 0.486. The van der Waals surface area contributed by atoms with Crippen LogP contribution in [0.3, 0.4) is 0 Å². The van der Waals surface area contributed by atoms with Gasteiger partial charge in [0.25, 0.3) is 5.91 Å². The first-order valence-corrected chi connectivity index (χ1v) is 14.7. The van der Waals surface area contributed by atoms with Crippen LogP contribution in [0.5, 0.6) is 0 Å². The first-order valence-electron chi connectivity index (χ1n) is 14.7. The minimum absolute atomic E-state index is 0.0115. The summed E-state index contributed by atoms with van der Waals surface area (Å²) in [7, 11) is 0. The largest absolute Gasteiger partial charge is 0.466 e. The van der Waals surface area contributed by atoms with Crippen molar-refractivity contribution in [3.8, 4) is 0 Å². The number of hydrogen-bond acceptors (Lipinski definition) is 8. The van der Waals surface area contributed by atoms with Crippen LogP contribution in [0, 0.1) is 19.8 Å². The Balaban J connectivity index is 1.20. The van der Waals surface area contributed by atoms with Gasteiger partial charge in [-0.1, -0.05) is 19.8 Å². The van der Waals surface area contributed by atoms with E-state index < -0.39 is 5.60 Å². The molecule has 0 aliphatic carbocycles. The van der Waals surface area contributed by atoms with Gasteiger partial charge in [-0.05, 0) is 40.0 Å². The highest BCUT2D eigenvalue weighted by Crippen LogP contribution is 2.43. The van der Waals surface area contributed by atoms with Crippen LogP contribution in [-0.4, -0.2) is 87.1 Å². The number of amides is 2. The second-order valence-corrected chi connectivity index (χ2v) is 12.0. The number of unbranched alkanes of at least 4 members (excludes halogenated alkanes) is 1. The molecule has 1 aromatic heterocycles. The van der Waals surface area contributed by atoms with E-state index in [9.17, 15) is 9.59 Å². The van der Waals surface area contributed by atoms with Gasteiger partial charge in [-0.2, -0.15) is 0 Å². The molecule has 5 heterocycles. The van der Waals surface area contributed by atoms with Crippen molar-refractivity contribution < 1.29 is 23.8 Å². The van der Waals surface area contributed by atoms with Crippen molar-refractivity contribution >= 4 is 12.0 Å². The van der Waals surface area contributed by atoms with Crippen molar-refractivity contribution in [1.82, 2.24) is 24.7 Å². The van der Waals surface area contributed by atoms with E-state index in [1.165, 1.54) is 25.1 Å². The summed E-state index contributed by atoms with van der Waals surface area (Å²) in [6, 6.07) is 0. The Kier molecular flexibility index (Phi) is 8.35. The van der Waals surface area contributed by atoms with Gasteiger partial charge < -0.3 is 24.0 Å². The first-order chi connectivity index (χ1) is 19.2. The summed E-state index contributed by atoms with van der Waals surface area (Å²) in [5.74, 6) is 0.909. The number of ether oxygens (including phenoxy) is 3. The van der Waals surface area contributed by atoms with E-state index in [1.807, 2.05) is 18.7 Å². The summed E-state index contributed by atoms with van der Waals surface area (Å²) in [6.45, 7) is 12.5. The molecule has 0 N–H and O–H groups in total. The van der Waals surface area contributed by atoms with Crippen molar-refractivity contribution in [1.29, 1.82) is 0 Å². The van der Waals surface area contributed by atoms with Crippen molar-refractivity contribution in [2.75, 3.05) is 39.3 Å². The number of aromatic nitrogens is 2. The zero-order valence-corrected chi connectivity index (χ0v) is 24.4. The Morgan fingerprint density at radius 1 is 1.05 bits per heavy atom. The van der Waals surface area contributed by atoms with Gasteiger partial charge in [0, 0.05) is 57.0 Å². The van der Waals surface area contributed by atoms with Crippen LogP contribution in [0.1, 0.15) is 80.5 Å². The number of hydrogen-bond donors (Lipinski definition) is 0. The van der Waals surface area contributed by atoms with Gasteiger partial charge >= 0.3 is 6.09 Å². The zero-order valence-electron chi connectivity index (χ0n) is 24.4. The van der Waals surface area contributed by atoms with E-state index in [4.69, 9.17) is 14.2 Å². The Morgan fingerprint density at radius 3 is 2.38 bits per heavy atom. The third kappa shape index (κ3) is 5.68. The molecule has 218 valence electrons. The summed E-state index contributed by atoms with van der Waals surface area (Å²) in [4.78, 5) is 41.2. The number of likely N-dealkylation sites (tertiary alicyclic amines) is 2. The van der Waals surface area contributed by atoms with Crippen LogP contribution in [0.15, 0.2) is 30.9 Å². The maximum Gasteiger partial charge on any atom is 0.410 e. The molecule has 10 nitrogen and oxygen atoms in total. The average Bonchev–Trinajstić information content (AvgIpc) is 2.95. The zero-order chi connectivity index (χ0) is 28.3. The molecular weight excluding hydrogens is 510 g/mol. The lowest BCUT2D eigenvalue weighted by Crippen LogP contribution is -2.63. The highest BCUT2D eigenvalue weighted by atomic mass is 16.6. The smallest absolute Gasteiger partial charge is 0.410 e. The number of nitrogens with zero attached hydrogens (tertiary/aromatic N) is 5. The maximum atomic E-state index is 13.3. The second kappa shape index (κ2) is 11.8. The maximum absolute atomic E-state index is 13.3. The van der Waals surface area contributed by atoms with Gasteiger partial charge in [0.15, 0.2) is 5.76 Å². The van der Waals surface area contributed by atoms with Gasteiger partial charge in [-0.25, -0.2) is 14.8 Å². The summed E-state index contributed by atoms with van der Waals surface area (Å²) < 4.78 is 17.0. The topological polar surface area (TPSA) is 97.3 Å². The molecule has 2 amide bonds. The Hall–Kier alpha value is -3.14. The third-order valence-corrected chi connectivity index (χ3v) is 9.48. The molecule has 3 fully saturated rings. The van der Waals surface area contributed by atoms with Crippen molar-refractivity contribution in [2.45, 2.75) is 83.8 Å². The van der Waals surface area contributed by atoms with E-state index in [0.717, 1.165) is 69.4 Å². The van der Waals surface area contributed by atoms with Gasteiger partial charge in [0.2, 0.25) is 0 Å². The molecule has 0 bridgehead atoms. The molecule has 40 heavy (non-hydrogen) atoms. The van der Waals surface area contributed by atoms with Gasteiger partial charge in [-0.15, -0.1) is 0 Å². The number of rotatable bonds is 7. The van der Waals surface area contributed by atoms with Crippen molar-refractivity contribution in [3.63, 3.8) is 0 Å². The number of piperidine rings is 2. The Labute approximate surface area is 237 Å². The number of aryl methyl sites for hydroxylation is 2. The molecule has 4 aliphatic heterocycles. The number of carbonyl (C=O) groups excluding carboxylic acids is 2. The highest BCUT2D eigenvalue weighted by molar-refractivity contribution is 5.96. The predicted molar refractivity (Wildman–Crippen MR) is 149 cm³/mol. The third-order valence-electron chi connectivity index (χ3n) is 9.48. The minimum Gasteiger partial charge on any atom is -0.466 e. The molecule has 1 atom stereocenters. The predicted octanol–water partition coefficient (Wildman–Crippen LogP) is 4.54. The van der Waals surface area contributed by atoms with E-state index in [1.54, 1.807) is 4.90 Å². The fraction of sp³-hybridized carbons (Fsp3) is 0.667. The molecule has 0 unspecified atom stereocenters. The molecule has 5 rings (SSSR count). The SMILES string of the molecule is CCCC[C@H]1CN(CC2=COC=CO2)C(=O)OC12CCN(C1(C)CCN(C(=O)c3c(C)ncnc3C)CC1)CC2. The fourth-order valence-electron chi connectivity index (χ4n) is 6.82. The summed E-state index contributed by atoms with van der Waals surface area (Å²) in [5, 5.41) is 0. The fourth-order valence-corrected chi connectivity index (χ4v) is 6.82. The lowest BCUT2D eigenvalue weighted by atomic mass is 9.74.